The van der Waals surface area contributed by atoms with Crippen molar-refractivity contribution < 1.29 is 14.5 Å². The number of carbonyl (C=O) groups is 1. The topological polar surface area (TPSA) is 98.8 Å². The third-order valence-electron chi connectivity index (χ3n) is 4.48. The van der Waals surface area contributed by atoms with Crippen molar-refractivity contribution in [1.82, 2.24) is 9.38 Å². The van der Waals surface area contributed by atoms with E-state index in [9.17, 15) is 14.9 Å². The number of rotatable bonds is 5. The van der Waals surface area contributed by atoms with Crippen molar-refractivity contribution >= 4 is 33.6 Å². The van der Waals surface area contributed by atoms with Crippen molar-refractivity contribution in [3.8, 4) is 17.0 Å². The summed E-state index contributed by atoms with van der Waals surface area (Å²) in [4.78, 5) is 29.3. The van der Waals surface area contributed by atoms with Crippen LogP contribution >= 0.6 is 11.3 Å². The number of nitro benzene ring substituents is 1. The molecule has 0 saturated carbocycles. The number of nitro groups is 1. The van der Waals surface area contributed by atoms with Crippen molar-refractivity contribution in [3.05, 3.63) is 75.4 Å². The molecule has 4 rings (SSSR count). The van der Waals surface area contributed by atoms with E-state index in [2.05, 4.69) is 10.3 Å². The molecule has 0 saturated heterocycles. The van der Waals surface area contributed by atoms with Crippen molar-refractivity contribution in [2.24, 2.45) is 0 Å². The van der Waals surface area contributed by atoms with Crippen molar-refractivity contribution in [3.63, 3.8) is 0 Å². The average molecular weight is 408 g/mol. The smallest absolute Gasteiger partial charge is 0.296 e. The lowest BCUT2D eigenvalue weighted by molar-refractivity contribution is -0.384. The molecule has 0 aliphatic heterocycles. The average Bonchev–Trinajstić information content (AvgIpc) is 3.28. The van der Waals surface area contributed by atoms with Gasteiger partial charge in [-0.3, -0.25) is 19.3 Å². The Morgan fingerprint density at radius 3 is 2.66 bits per heavy atom. The number of anilines is 1. The number of imidazole rings is 1. The van der Waals surface area contributed by atoms with E-state index < -0.39 is 10.8 Å². The van der Waals surface area contributed by atoms with Crippen LogP contribution in [0.15, 0.2) is 54.7 Å². The number of ether oxygens (including phenoxy) is 1. The molecule has 0 spiro atoms. The molecule has 2 aromatic heterocycles. The highest BCUT2D eigenvalue weighted by atomic mass is 32.1. The summed E-state index contributed by atoms with van der Waals surface area (Å²) in [5, 5.41) is 14.0. The molecule has 0 aliphatic carbocycles. The number of aromatic nitrogens is 2. The van der Waals surface area contributed by atoms with Gasteiger partial charge in [0.1, 0.15) is 16.3 Å². The summed E-state index contributed by atoms with van der Waals surface area (Å²) in [5.74, 6) is -0.0820. The lowest BCUT2D eigenvalue weighted by atomic mass is 10.2. The minimum atomic E-state index is -0.557. The predicted octanol–water partition coefficient (Wildman–Crippen LogP) is 4.54. The molecule has 9 heteroatoms. The lowest BCUT2D eigenvalue weighted by Gasteiger charge is -2.07. The molecular formula is C20H16N4O4S. The lowest BCUT2D eigenvalue weighted by Crippen LogP contribution is -2.13. The zero-order valence-electron chi connectivity index (χ0n) is 15.6. The molecule has 0 unspecified atom stereocenters. The Morgan fingerprint density at radius 1 is 1.24 bits per heavy atom. The number of nitrogens with zero attached hydrogens (tertiary/aromatic N) is 3. The molecule has 0 fully saturated rings. The third-order valence-corrected chi connectivity index (χ3v) is 5.64. The van der Waals surface area contributed by atoms with Crippen LogP contribution in [0.2, 0.25) is 0 Å². The largest absolute Gasteiger partial charge is 0.496 e. The van der Waals surface area contributed by atoms with Gasteiger partial charge in [0.25, 0.3) is 11.6 Å². The summed E-state index contributed by atoms with van der Waals surface area (Å²) >= 11 is 1.23. The SMILES string of the molecule is COc1ccc(NC(=O)c2sc3nc(-c4ccccc4)cn3c2C)c([N+](=O)[O-])c1. The normalized spacial score (nSPS) is 10.8. The van der Waals surface area contributed by atoms with Gasteiger partial charge in [0.2, 0.25) is 0 Å². The van der Waals surface area contributed by atoms with E-state index in [4.69, 9.17) is 4.74 Å². The fourth-order valence-corrected chi connectivity index (χ4v) is 3.99. The van der Waals surface area contributed by atoms with Gasteiger partial charge in [0.15, 0.2) is 4.96 Å². The van der Waals surface area contributed by atoms with E-state index in [0.29, 0.717) is 21.3 Å². The van der Waals surface area contributed by atoms with Crippen LogP contribution in [-0.4, -0.2) is 27.3 Å². The molecule has 1 N–H and O–H groups in total. The van der Waals surface area contributed by atoms with Gasteiger partial charge in [-0.25, -0.2) is 4.98 Å². The number of nitrogens with one attached hydrogen (secondary N) is 1. The zero-order valence-corrected chi connectivity index (χ0v) is 16.4. The number of fused-ring (bicyclic) bond motifs is 1. The van der Waals surface area contributed by atoms with Gasteiger partial charge in [0.05, 0.1) is 23.8 Å². The maximum absolute atomic E-state index is 12.8. The van der Waals surface area contributed by atoms with Crippen LogP contribution in [0.5, 0.6) is 5.75 Å². The summed E-state index contributed by atoms with van der Waals surface area (Å²) in [7, 11) is 1.42. The monoisotopic (exact) mass is 408 g/mol. The van der Waals surface area contributed by atoms with Crippen LogP contribution in [0.25, 0.3) is 16.2 Å². The third kappa shape index (κ3) is 3.43. The number of methoxy groups -OCH3 is 1. The maximum Gasteiger partial charge on any atom is 0.296 e. The molecule has 0 radical (unpaired) electrons. The zero-order chi connectivity index (χ0) is 20.5. The van der Waals surface area contributed by atoms with Crippen LogP contribution < -0.4 is 10.1 Å². The number of carbonyl (C=O) groups excluding carboxylic acids is 1. The molecular weight excluding hydrogens is 392 g/mol. The molecule has 29 heavy (non-hydrogen) atoms. The fraction of sp³-hybridized carbons (Fsp3) is 0.100. The summed E-state index contributed by atoms with van der Waals surface area (Å²) in [6, 6.07) is 14.0. The van der Waals surface area contributed by atoms with E-state index >= 15 is 0 Å². The van der Waals surface area contributed by atoms with Crippen molar-refractivity contribution in [2.75, 3.05) is 12.4 Å². The fourth-order valence-electron chi connectivity index (χ4n) is 2.98. The quantitative estimate of drug-likeness (QED) is 0.386. The van der Waals surface area contributed by atoms with E-state index in [1.54, 1.807) is 6.07 Å². The number of aryl methyl sites for hydroxylation is 1. The van der Waals surface area contributed by atoms with Gasteiger partial charge >= 0.3 is 0 Å². The summed E-state index contributed by atoms with van der Waals surface area (Å²) in [6.07, 6.45) is 1.88. The van der Waals surface area contributed by atoms with E-state index in [0.717, 1.165) is 11.3 Å². The first-order valence-corrected chi connectivity index (χ1v) is 9.47. The van der Waals surface area contributed by atoms with Crippen LogP contribution in [-0.2, 0) is 0 Å². The summed E-state index contributed by atoms with van der Waals surface area (Å²) < 4.78 is 6.87. The van der Waals surface area contributed by atoms with Crippen LogP contribution in [0.4, 0.5) is 11.4 Å². The summed E-state index contributed by atoms with van der Waals surface area (Å²) in [6.45, 7) is 1.82. The van der Waals surface area contributed by atoms with Gasteiger partial charge in [-0.15, -0.1) is 0 Å². The highest BCUT2D eigenvalue weighted by molar-refractivity contribution is 7.19. The first-order chi connectivity index (χ1) is 14.0. The van der Waals surface area contributed by atoms with E-state index in [1.165, 1.54) is 30.6 Å². The second-order valence-electron chi connectivity index (χ2n) is 6.26. The molecule has 2 heterocycles. The van der Waals surface area contributed by atoms with Crippen LogP contribution in [0.3, 0.4) is 0 Å². The second-order valence-corrected chi connectivity index (χ2v) is 7.23. The van der Waals surface area contributed by atoms with Gasteiger partial charge in [0, 0.05) is 17.5 Å². The number of hydrogen-bond acceptors (Lipinski definition) is 6. The molecule has 0 bridgehead atoms. The van der Waals surface area contributed by atoms with Crippen LogP contribution in [0, 0.1) is 17.0 Å². The molecule has 8 nitrogen and oxygen atoms in total. The Kier molecular flexibility index (Phi) is 4.73. The summed E-state index contributed by atoms with van der Waals surface area (Å²) in [5.41, 5.74) is 2.40. The predicted molar refractivity (Wildman–Crippen MR) is 111 cm³/mol. The number of benzene rings is 2. The first kappa shape index (κ1) is 18.6. The number of thiazole rings is 1. The van der Waals surface area contributed by atoms with E-state index in [1.807, 2.05) is 47.9 Å². The number of hydrogen-bond donors (Lipinski definition) is 1. The highest BCUT2D eigenvalue weighted by Gasteiger charge is 2.22. The Bertz CT molecular complexity index is 1230. The highest BCUT2D eigenvalue weighted by Crippen LogP contribution is 2.31. The molecule has 4 aromatic rings. The Hall–Kier alpha value is -3.72. The molecule has 0 atom stereocenters. The van der Waals surface area contributed by atoms with Gasteiger partial charge in [-0.2, -0.15) is 0 Å². The van der Waals surface area contributed by atoms with E-state index in [-0.39, 0.29) is 11.4 Å². The van der Waals surface area contributed by atoms with Gasteiger partial charge in [-0.05, 0) is 19.1 Å². The molecule has 2 aromatic carbocycles. The van der Waals surface area contributed by atoms with Gasteiger partial charge in [-0.1, -0.05) is 41.7 Å². The first-order valence-electron chi connectivity index (χ1n) is 8.65. The van der Waals surface area contributed by atoms with Gasteiger partial charge < -0.3 is 10.1 Å². The van der Waals surface area contributed by atoms with Crippen molar-refractivity contribution in [2.45, 2.75) is 6.92 Å². The van der Waals surface area contributed by atoms with Crippen molar-refractivity contribution in [1.29, 1.82) is 0 Å². The molecule has 0 aliphatic rings. The number of amides is 1. The van der Waals surface area contributed by atoms with Crippen LogP contribution in [0.1, 0.15) is 15.4 Å². The Labute approximate surface area is 169 Å². The standard InChI is InChI=1S/C20H16N4O4S/c1-12-18(19(25)21-15-9-8-14(28-2)10-17(15)24(26)27)29-20-22-16(11-23(12)20)13-6-4-3-5-7-13/h3-11H,1-2H3,(H,21,25). The minimum absolute atomic E-state index is 0.108. The maximum atomic E-state index is 12.8. The molecule has 1 amide bonds. The minimum Gasteiger partial charge on any atom is -0.496 e. The Morgan fingerprint density at radius 2 is 2.00 bits per heavy atom. The molecule has 146 valence electrons. The Balaban J connectivity index is 1.65. The second kappa shape index (κ2) is 7.36.